The van der Waals surface area contributed by atoms with Crippen molar-refractivity contribution >= 4 is 5.69 Å². The summed E-state index contributed by atoms with van der Waals surface area (Å²) in [4.78, 5) is 2.41. The van der Waals surface area contributed by atoms with Crippen molar-refractivity contribution in [2.45, 2.75) is 61.8 Å². The average Bonchev–Trinajstić information content (AvgIpc) is 2.93. The summed E-state index contributed by atoms with van der Waals surface area (Å²) in [6, 6.07) is 6.77. The fourth-order valence-electron chi connectivity index (χ4n) is 3.42. The van der Waals surface area contributed by atoms with Gasteiger partial charge in [0.1, 0.15) is 0 Å². The Balaban J connectivity index is 2.06. The monoisotopic (exact) mass is 347 g/mol. The van der Waals surface area contributed by atoms with Crippen LogP contribution in [-0.2, 0) is 0 Å². The SMILES string of the molecule is Cc1ccc(N(C2=C=C(C(C)(C)C)C2)C2=CC(C(C)(C)C)C=C2)cc1C. The fraction of sp³-hybridized carbons (Fsp3) is 0.480. The summed E-state index contributed by atoms with van der Waals surface area (Å²) < 4.78 is 0. The molecule has 1 aromatic carbocycles. The molecule has 0 heterocycles. The lowest BCUT2D eigenvalue weighted by molar-refractivity contribution is 0.346. The number of rotatable bonds is 3. The number of nitrogens with zero attached hydrogens (tertiary/aromatic N) is 1. The second kappa shape index (κ2) is 6.32. The Bertz CT molecular complexity index is 843. The standard InChI is InChI=1S/C25H33N/c1-17-9-11-21(13-18(17)2)26(23-15-20(16-23)25(6,7)8)22-12-10-19(14-22)24(3,4)5/h9-14,19H,15H2,1-8H3. The number of aryl methyl sites for hydroxylation is 2. The fourth-order valence-corrected chi connectivity index (χ4v) is 3.42. The molecule has 0 saturated carbocycles. The van der Waals surface area contributed by atoms with Gasteiger partial charge in [0, 0.05) is 23.7 Å². The normalized spacial score (nSPS) is 19.7. The van der Waals surface area contributed by atoms with E-state index in [2.05, 4.69) is 102 Å². The lowest BCUT2D eigenvalue weighted by Crippen LogP contribution is -2.27. The van der Waals surface area contributed by atoms with Gasteiger partial charge in [-0.3, -0.25) is 0 Å². The van der Waals surface area contributed by atoms with Gasteiger partial charge in [-0.1, -0.05) is 65.5 Å². The number of benzene rings is 1. The third-order valence-electron chi connectivity index (χ3n) is 5.65. The van der Waals surface area contributed by atoms with Crippen LogP contribution in [0.4, 0.5) is 5.69 Å². The van der Waals surface area contributed by atoms with Crippen molar-refractivity contribution in [3.8, 4) is 0 Å². The highest BCUT2D eigenvalue weighted by atomic mass is 15.2. The Morgan fingerprint density at radius 1 is 1.00 bits per heavy atom. The summed E-state index contributed by atoms with van der Waals surface area (Å²) in [5, 5.41) is 0. The topological polar surface area (TPSA) is 3.24 Å². The molecule has 0 N–H and O–H groups in total. The van der Waals surface area contributed by atoms with Gasteiger partial charge in [0.05, 0.1) is 5.70 Å². The molecule has 3 rings (SSSR count). The Morgan fingerprint density at radius 3 is 2.15 bits per heavy atom. The molecule has 1 heteroatoms. The first-order valence-electron chi connectivity index (χ1n) is 9.73. The lowest BCUT2D eigenvalue weighted by atomic mass is 9.79. The van der Waals surface area contributed by atoms with E-state index in [9.17, 15) is 0 Å². The van der Waals surface area contributed by atoms with E-state index in [1.54, 1.807) is 0 Å². The van der Waals surface area contributed by atoms with Gasteiger partial charge in [0.2, 0.25) is 0 Å². The smallest absolute Gasteiger partial charge is 0.0702 e. The van der Waals surface area contributed by atoms with Crippen LogP contribution in [0.15, 0.2) is 59.1 Å². The molecule has 2 aliphatic carbocycles. The molecule has 0 fully saturated rings. The largest absolute Gasteiger partial charge is 0.307 e. The van der Waals surface area contributed by atoms with Crippen molar-refractivity contribution in [2.24, 2.45) is 16.7 Å². The molecule has 0 aromatic heterocycles. The predicted octanol–water partition coefficient (Wildman–Crippen LogP) is 7.08. The molecule has 0 spiro atoms. The summed E-state index contributed by atoms with van der Waals surface area (Å²) in [6.07, 6.45) is 8.06. The molecule has 0 bridgehead atoms. The minimum absolute atomic E-state index is 0.201. The number of hydrogen-bond acceptors (Lipinski definition) is 1. The van der Waals surface area contributed by atoms with Crippen LogP contribution in [0.25, 0.3) is 0 Å². The Morgan fingerprint density at radius 2 is 1.65 bits per heavy atom. The van der Waals surface area contributed by atoms with Crippen LogP contribution in [0.1, 0.15) is 59.1 Å². The van der Waals surface area contributed by atoms with Crippen LogP contribution in [0, 0.1) is 30.6 Å². The van der Waals surface area contributed by atoms with Crippen LogP contribution in [-0.4, -0.2) is 0 Å². The quantitative estimate of drug-likeness (QED) is 0.528. The summed E-state index contributed by atoms with van der Waals surface area (Å²) in [5.41, 5.74) is 12.0. The zero-order valence-electron chi connectivity index (χ0n) is 17.7. The molecule has 1 atom stereocenters. The zero-order chi connectivity index (χ0) is 19.3. The summed E-state index contributed by atoms with van der Waals surface area (Å²) in [6.45, 7) is 18.1. The lowest BCUT2D eigenvalue weighted by Gasteiger charge is -2.35. The molecule has 26 heavy (non-hydrogen) atoms. The van der Waals surface area contributed by atoms with Crippen molar-refractivity contribution in [1.82, 2.24) is 0 Å². The summed E-state index contributed by atoms with van der Waals surface area (Å²) in [7, 11) is 0. The van der Waals surface area contributed by atoms with Gasteiger partial charge in [0.15, 0.2) is 0 Å². The first-order valence-corrected chi connectivity index (χ1v) is 9.73. The number of allylic oxidation sites excluding steroid dienone is 3. The second-order valence-corrected chi connectivity index (χ2v) is 9.92. The van der Waals surface area contributed by atoms with Gasteiger partial charge >= 0.3 is 0 Å². The molecule has 0 aliphatic heterocycles. The van der Waals surface area contributed by atoms with Gasteiger partial charge in [-0.15, -0.1) is 0 Å². The van der Waals surface area contributed by atoms with Crippen LogP contribution in [0.5, 0.6) is 0 Å². The third kappa shape index (κ3) is 3.60. The van der Waals surface area contributed by atoms with E-state index in [0.717, 1.165) is 6.42 Å². The average molecular weight is 348 g/mol. The highest BCUT2D eigenvalue weighted by molar-refractivity contribution is 5.65. The Kier molecular flexibility index (Phi) is 4.57. The van der Waals surface area contributed by atoms with Gasteiger partial charge in [-0.05, 0) is 59.6 Å². The molecule has 138 valence electrons. The maximum Gasteiger partial charge on any atom is 0.0702 e. The summed E-state index contributed by atoms with van der Waals surface area (Å²) >= 11 is 0. The molecule has 2 aliphatic rings. The third-order valence-corrected chi connectivity index (χ3v) is 5.65. The molecule has 0 amide bonds. The molecule has 1 unspecified atom stereocenters. The molecule has 0 radical (unpaired) electrons. The van der Waals surface area contributed by atoms with E-state index in [4.69, 9.17) is 0 Å². The highest BCUT2D eigenvalue weighted by Crippen LogP contribution is 2.42. The number of hydrogen-bond donors (Lipinski definition) is 0. The van der Waals surface area contributed by atoms with Gasteiger partial charge in [-0.25, -0.2) is 0 Å². The molecular formula is C25H33N. The van der Waals surface area contributed by atoms with Crippen LogP contribution >= 0.6 is 0 Å². The van der Waals surface area contributed by atoms with E-state index in [0.29, 0.717) is 5.92 Å². The maximum absolute atomic E-state index is 3.67. The van der Waals surface area contributed by atoms with Gasteiger partial charge < -0.3 is 4.90 Å². The van der Waals surface area contributed by atoms with E-state index in [1.165, 1.54) is 33.8 Å². The van der Waals surface area contributed by atoms with E-state index in [1.807, 2.05) is 0 Å². The van der Waals surface area contributed by atoms with Crippen LogP contribution < -0.4 is 4.90 Å². The molecule has 1 aromatic rings. The van der Waals surface area contributed by atoms with Crippen molar-refractivity contribution in [3.63, 3.8) is 0 Å². The van der Waals surface area contributed by atoms with Crippen molar-refractivity contribution in [2.75, 3.05) is 4.90 Å². The zero-order valence-corrected chi connectivity index (χ0v) is 17.7. The van der Waals surface area contributed by atoms with Gasteiger partial charge in [0.25, 0.3) is 0 Å². The van der Waals surface area contributed by atoms with Gasteiger partial charge in [-0.2, -0.15) is 0 Å². The number of anilines is 1. The minimum Gasteiger partial charge on any atom is -0.307 e. The minimum atomic E-state index is 0.201. The van der Waals surface area contributed by atoms with E-state index in [-0.39, 0.29) is 10.8 Å². The highest BCUT2D eigenvalue weighted by Gasteiger charge is 2.31. The molecular weight excluding hydrogens is 314 g/mol. The molecule has 1 nitrogen and oxygen atoms in total. The van der Waals surface area contributed by atoms with Crippen LogP contribution in [0.3, 0.4) is 0 Å². The van der Waals surface area contributed by atoms with Crippen molar-refractivity contribution in [3.05, 3.63) is 70.3 Å². The van der Waals surface area contributed by atoms with E-state index >= 15 is 0 Å². The van der Waals surface area contributed by atoms with Crippen molar-refractivity contribution in [1.29, 1.82) is 0 Å². The Labute approximate surface area is 159 Å². The summed E-state index contributed by atoms with van der Waals surface area (Å²) in [5.74, 6) is 0.471. The van der Waals surface area contributed by atoms with Crippen molar-refractivity contribution < 1.29 is 0 Å². The second-order valence-electron chi connectivity index (χ2n) is 9.92. The molecule has 0 saturated heterocycles. The van der Waals surface area contributed by atoms with Crippen LogP contribution in [0.2, 0.25) is 0 Å². The maximum atomic E-state index is 3.67. The Hall–Kier alpha value is -1.98. The predicted molar refractivity (Wildman–Crippen MR) is 113 cm³/mol. The first-order chi connectivity index (χ1) is 12.0. The first kappa shape index (κ1) is 18.8. The van der Waals surface area contributed by atoms with E-state index < -0.39 is 0 Å².